The highest BCUT2D eigenvalue weighted by Crippen LogP contribution is 2.25. The smallest absolute Gasteiger partial charge is 0.288 e. The molecular weight excluding hydrogens is 344 g/mol. The van der Waals surface area contributed by atoms with Crippen LogP contribution in [0.3, 0.4) is 0 Å². The van der Waals surface area contributed by atoms with E-state index in [1.165, 1.54) is 19.2 Å². The van der Waals surface area contributed by atoms with E-state index >= 15 is 0 Å². The third-order valence-electron chi connectivity index (χ3n) is 3.26. The number of hydrogen-bond donors (Lipinski definition) is 2. The molecule has 0 radical (unpaired) electrons. The predicted molar refractivity (Wildman–Crippen MR) is 96.5 cm³/mol. The van der Waals surface area contributed by atoms with Gasteiger partial charge in [-0.15, -0.1) is 0 Å². The van der Waals surface area contributed by atoms with Crippen molar-refractivity contribution in [3.63, 3.8) is 0 Å². The van der Waals surface area contributed by atoms with Crippen molar-refractivity contribution in [3.8, 4) is 0 Å². The fraction of sp³-hybridized carbons (Fsp3) is 0.333. The maximum Gasteiger partial charge on any atom is 0.288 e. The van der Waals surface area contributed by atoms with Crippen LogP contribution in [0.4, 0.5) is 20.2 Å². The van der Waals surface area contributed by atoms with Crippen molar-refractivity contribution >= 4 is 17.3 Å². The minimum Gasteiger partial charge on any atom is -0.350 e. The first-order chi connectivity index (χ1) is 12.3. The molecule has 2 N–H and O–H groups in total. The lowest BCUT2D eigenvalue weighted by atomic mass is 10.1. The fourth-order valence-corrected chi connectivity index (χ4v) is 2.04. The Bertz CT molecular complexity index is 835. The molecule has 1 heterocycles. The zero-order valence-electron chi connectivity index (χ0n) is 15.4. The second-order valence-corrected chi connectivity index (χ2v) is 5.12. The number of carbonyl (C=O) groups is 1. The first-order valence-corrected chi connectivity index (χ1v) is 8.19. The molecule has 0 aliphatic rings. The number of rotatable bonds is 5. The van der Waals surface area contributed by atoms with Crippen LogP contribution in [0, 0.1) is 18.6 Å². The Kier molecular flexibility index (Phi) is 7.92. The third kappa shape index (κ3) is 4.89. The van der Waals surface area contributed by atoms with Gasteiger partial charge in [0.25, 0.3) is 11.5 Å². The number of halogens is 2. The quantitative estimate of drug-likeness (QED) is 0.795. The lowest BCUT2D eigenvalue weighted by molar-refractivity contribution is 0.0364. The normalized spacial score (nSPS) is 9.96. The summed E-state index contributed by atoms with van der Waals surface area (Å²) in [5.41, 5.74) is 1.18. The summed E-state index contributed by atoms with van der Waals surface area (Å²) in [6, 6.07) is 4.26. The molecule has 0 atom stereocenters. The Balaban J connectivity index is 0.00000163. The van der Waals surface area contributed by atoms with Crippen LogP contribution in [0.5, 0.6) is 0 Å². The number of aryl methyl sites for hydroxylation is 2. The molecule has 0 saturated heterocycles. The van der Waals surface area contributed by atoms with Crippen LogP contribution >= 0.6 is 0 Å². The molecule has 2 aromatic rings. The minimum atomic E-state index is -1.19. The number of aromatic nitrogens is 1. The van der Waals surface area contributed by atoms with E-state index in [-0.39, 0.29) is 17.9 Å². The lowest BCUT2D eigenvalue weighted by Gasteiger charge is -2.15. The summed E-state index contributed by atoms with van der Waals surface area (Å²) in [6.45, 7) is 7.56. The molecule has 0 bridgehead atoms. The van der Waals surface area contributed by atoms with Crippen molar-refractivity contribution in [3.05, 3.63) is 57.5 Å². The molecule has 8 heteroatoms. The van der Waals surface area contributed by atoms with Crippen molar-refractivity contribution in [2.45, 2.75) is 27.7 Å². The van der Waals surface area contributed by atoms with Crippen molar-refractivity contribution < 1.29 is 18.4 Å². The van der Waals surface area contributed by atoms with Gasteiger partial charge in [-0.05, 0) is 31.5 Å². The monoisotopic (exact) mass is 367 g/mol. The minimum absolute atomic E-state index is 0.0572. The van der Waals surface area contributed by atoms with E-state index in [9.17, 15) is 18.4 Å². The van der Waals surface area contributed by atoms with E-state index in [1.807, 2.05) is 13.8 Å². The molecule has 1 aromatic carbocycles. The average molecular weight is 367 g/mol. The van der Waals surface area contributed by atoms with Gasteiger partial charge in [0.1, 0.15) is 5.82 Å². The third-order valence-corrected chi connectivity index (χ3v) is 3.26. The molecule has 0 saturated carbocycles. The first kappa shape index (κ1) is 21.3. The molecule has 0 unspecified atom stereocenters. The standard InChI is InChI=1S/C16H17F2N3O3.C2H6/c1-4-24-20-15(22)10-8-21(3)16(23)13(18)14(10)19-12-6-5-9(2)7-11(12)17;1-2/h5-8,19H,4H2,1-3H3,(H,20,22);1-2H3. The second-order valence-electron chi connectivity index (χ2n) is 5.12. The highest BCUT2D eigenvalue weighted by atomic mass is 19.1. The molecule has 1 aromatic heterocycles. The molecule has 0 spiro atoms. The molecular formula is C18H23F2N3O3. The number of hydrogen-bond acceptors (Lipinski definition) is 4. The molecule has 6 nitrogen and oxygen atoms in total. The number of amides is 1. The van der Waals surface area contributed by atoms with E-state index < -0.39 is 28.8 Å². The van der Waals surface area contributed by atoms with E-state index in [2.05, 4.69) is 10.8 Å². The van der Waals surface area contributed by atoms with E-state index in [0.29, 0.717) is 5.56 Å². The Morgan fingerprint density at radius 2 is 1.92 bits per heavy atom. The van der Waals surface area contributed by atoms with Gasteiger partial charge in [0.15, 0.2) is 0 Å². The highest BCUT2D eigenvalue weighted by Gasteiger charge is 2.21. The number of hydroxylamine groups is 1. The Morgan fingerprint density at radius 3 is 2.50 bits per heavy atom. The van der Waals surface area contributed by atoms with Crippen LogP contribution in [0.2, 0.25) is 0 Å². The van der Waals surface area contributed by atoms with Gasteiger partial charge >= 0.3 is 0 Å². The maximum atomic E-state index is 14.4. The van der Waals surface area contributed by atoms with Gasteiger partial charge in [0.05, 0.1) is 23.5 Å². The van der Waals surface area contributed by atoms with Gasteiger partial charge in [-0.2, -0.15) is 4.39 Å². The van der Waals surface area contributed by atoms with Crippen molar-refractivity contribution in [2.75, 3.05) is 11.9 Å². The Morgan fingerprint density at radius 1 is 1.27 bits per heavy atom. The summed E-state index contributed by atoms with van der Waals surface area (Å²) < 4.78 is 29.3. The van der Waals surface area contributed by atoms with Crippen molar-refractivity contribution in [1.82, 2.24) is 10.0 Å². The van der Waals surface area contributed by atoms with Gasteiger partial charge in [0, 0.05) is 13.2 Å². The summed E-state index contributed by atoms with van der Waals surface area (Å²) in [4.78, 5) is 28.7. The molecule has 0 fully saturated rings. The first-order valence-electron chi connectivity index (χ1n) is 8.19. The van der Waals surface area contributed by atoms with Gasteiger partial charge in [-0.25, -0.2) is 9.87 Å². The van der Waals surface area contributed by atoms with Gasteiger partial charge in [-0.1, -0.05) is 19.9 Å². The van der Waals surface area contributed by atoms with Crippen molar-refractivity contribution in [2.24, 2.45) is 7.05 Å². The summed E-state index contributed by atoms with van der Waals surface area (Å²) in [7, 11) is 1.30. The predicted octanol–water partition coefficient (Wildman–Crippen LogP) is 3.42. The lowest BCUT2D eigenvalue weighted by Crippen LogP contribution is -2.29. The second kappa shape index (κ2) is 9.67. The van der Waals surface area contributed by atoms with Gasteiger partial charge in [0.2, 0.25) is 5.82 Å². The average Bonchev–Trinajstić information content (AvgIpc) is 2.63. The zero-order chi connectivity index (χ0) is 19.9. The van der Waals surface area contributed by atoms with Crippen molar-refractivity contribution in [1.29, 1.82) is 0 Å². The van der Waals surface area contributed by atoms with E-state index in [4.69, 9.17) is 4.84 Å². The zero-order valence-corrected chi connectivity index (χ0v) is 15.4. The largest absolute Gasteiger partial charge is 0.350 e. The maximum absolute atomic E-state index is 14.4. The highest BCUT2D eigenvalue weighted by molar-refractivity contribution is 5.99. The Hall–Kier alpha value is -2.74. The van der Waals surface area contributed by atoms with Crippen LogP contribution in [-0.4, -0.2) is 17.1 Å². The number of nitrogens with zero attached hydrogens (tertiary/aromatic N) is 1. The van der Waals surface area contributed by atoms with Crippen LogP contribution < -0.4 is 16.4 Å². The number of nitrogens with one attached hydrogen (secondary N) is 2. The van der Waals surface area contributed by atoms with Gasteiger partial charge < -0.3 is 9.88 Å². The number of carbonyl (C=O) groups excluding carboxylic acids is 1. The van der Waals surface area contributed by atoms with Gasteiger partial charge in [-0.3, -0.25) is 14.4 Å². The molecule has 0 aliphatic carbocycles. The van der Waals surface area contributed by atoms with E-state index in [1.54, 1.807) is 19.9 Å². The molecule has 0 aliphatic heterocycles. The van der Waals surface area contributed by atoms with Crippen LogP contribution in [0.1, 0.15) is 36.7 Å². The summed E-state index contributed by atoms with van der Waals surface area (Å²) >= 11 is 0. The number of benzene rings is 1. The van der Waals surface area contributed by atoms with Crippen LogP contribution in [-0.2, 0) is 11.9 Å². The molecule has 142 valence electrons. The SMILES string of the molecule is CC.CCONC(=O)c1cn(C)c(=O)c(F)c1Nc1ccc(C)cc1F. The van der Waals surface area contributed by atoms with E-state index in [0.717, 1.165) is 10.8 Å². The molecule has 1 amide bonds. The number of anilines is 2. The van der Waals surface area contributed by atoms with Crippen LogP contribution in [0.15, 0.2) is 29.2 Å². The summed E-state index contributed by atoms with van der Waals surface area (Å²) in [5.74, 6) is -2.59. The topological polar surface area (TPSA) is 72.4 Å². The summed E-state index contributed by atoms with van der Waals surface area (Å²) in [6.07, 6.45) is 1.15. The summed E-state index contributed by atoms with van der Waals surface area (Å²) in [5, 5.41) is 2.48. The molecule has 26 heavy (non-hydrogen) atoms. The molecule has 2 rings (SSSR count). The fourth-order valence-electron chi connectivity index (χ4n) is 2.04. The number of pyridine rings is 1. The Labute approximate surface area is 150 Å². The van der Waals surface area contributed by atoms with Crippen LogP contribution in [0.25, 0.3) is 0 Å².